The molecule has 0 aliphatic heterocycles. The number of carbonyl (C=O) groups excluding carboxylic acids is 1. The van der Waals surface area contributed by atoms with Crippen molar-refractivity contribution < 1.29 is 23.7 Å². The van der Waals surface area contributed by atoms with Crippen molar-refractivity contribution in [1.82, 2.24) is 9.97 Å². The highest BCUT2D eigenvalue weighted by Crippen LogP contribution is 2.38. The number of ether oxygens (including phenoxy) is 4. The summed E-state index contributed by atoms with van der Waals surface area (Å²) in [4.78, 5) is 20.8. The highest BCUT2D eigenvalue weighted by atomic mass is 16.5. The Morgan fingerprint density at radius 2 is 1.50 bits per heavy atom. The lowest BCUT2D eigenvalue weighted by Gasteiger charge is -2.13. The lowest BCUT2D eigenvalue weighted by Crippen LogP contribution is -2.06. The fourth-order valence-electron chi connectivity index (χ4n) is 2.92. The monoisotopic (exact) mass is 382 g/mol. The molecule has 0 saturated heterocycles. The lowest BCUT2D eigenvalue weighted by molar-refractivity contribution is 0.103. The summed E-state index contributed by atoms with van der Waals surface area (Å²) < 4.78 is 21.2. The zero-order valence-corrected chi connectivity index (χ0v) is 16.5. The molecule has 0 atom stereocenters. The summed E-state index contributed by atoms with van der Waals surface area (Å²) in [6.45, 7) is 1.81. The molecule has 3 rings (SSSR count). The Bertz CT molecular complexity index is 968. The molecule has 1 aromatic heterocycles. The van der Waals surface area contributed by atoms with Crippen molar-refractivity contribution in [3.8, 4) is 34.4 Å². The molecule has 28 heavy (non-hydrogen) atoms. The number of nitrogens with zero attached hydrogens (tertiary/aromatic N) is 1. The van der Waals surface area contributed by atoms with Crippen molar-refractivity contribution >= 4 is 5.78 Å². The third-order valence-corrected chi connectivity index (χ3v) is 4.39. The standard InChI is InChI=1S/C21H22N2O5/c1-12-18(23-21(22-12)13-6-8-15(25-2)9-7-13)19(24)14-10-16(26-3)20(28-5)17(11-14)27-4/h6-11H,1-5H3,(H,22,23). The van der Waals surface area contributed by atoms with Gasteiger partial charge in [0, 0.05) is 16.8 Å². The van der Waals surface area contributed by atoms with Crippen molar-refractivity contribution in [3.05, 3.63) is 53.3 Å². The second kappa shape index (κ2) is 8.04. The maximum absolute atomic E-state index is 13.1. The van der Waals surface area contributed by atoms with E-state index in [9.17, 15) is 4.79 Å². The Morgan fingerprint density at radius 1 is 0.893 bits per heavy atom. The number of imidazole rings is 1. The molecule has 0 aliphatic carbocycles. The predicted molar refractivity (Wildman–Crippen MR) is 105 cm³/mol. The number of rotatable bonds is 7. The molecule has 0 amide bonds. The Hall–Kier alpha value is -3.48. The summed E-state index contributed by atoms with van der Waals surface area (Å²) >= 11 is 0. The minimum atomic E-state index is -0.243. The molecule has 0 bridgehead atoms. The van der Waals surface area contributed by atoms with Gasteiger partial charge in [-0.1, -0.05) is 0 Å². The second-order valence-electron chi connectivity index (χ2n) is 6.03. The third kappa shape index (κ3) is 3.51. The molecular weight excluding hydrogens is 360 g/mol. The molecular formula is C21H22N2O5. The summed E-state index contributed by atoms with van der Waals surface area (Å²) in [5.74, 6) is 2.37. The van der Waals surface area contributed by atoms with E-state index in [1.807, 2.05) is 31.2 Å². The molecule has 3 aromatic rings. The van der Waals surface area contributed by atoms with Gasteiger partial charge < -0.3 is 23.9 Å². The van der Waals surface area contributed by atoms with Crippen LogP contribution in [0.2, 0.25) is 0 Å². The molecule has 7 heteroatoms. The first-order valence-electron chi connectivity index (χ1n) is 8.58. The van der Waals surface area contributed by atoms with Crippen molar-refractivity contribution in [2.24, 2.45) is 0 Å². The van der Waals surface area contributed by atoms with Crippen molar-refractivity contribution in [2.75, 3.05) is 28.4 Å². The number of aromatic amines is 1. The Labute approximate surface area is 163 Å². The number of aromatic nitrogens is 2. The van der Waals surface area contributed by atoms with Crippen LogP contribution < -0.4 is 18.9 Å². The molecule has 0 unspecified atom stereocenters. The number of methoxy groups -OCH3 is 4. The van der Waals surface area contributed by atoms with Crippen LogP contribution in [0.25, 0.3) is 11.4 Å². The molecule has 0 spiro atoms. The van der Waals surface area contributed by atoms with Crippen LogP contribution in [0.4, 0.5) is 0 Å². The van der Waals surface area contributed by atoms with Crippen LogP contribution in [0.5, 0.6) is 23.0 Å². The summed E-state index contributed by atoms with van der Waals surface area (Å²) in [6.07, 6.45) is 0. The van der Waals surface area contributed by atoms with Crippen molar-refractivity contribution in [1.29, 1.82) is 0 Å². The molecule has 7 nitrogen and oxygen atoms in total. The van der Waals surface area contributed by atoms with Gasteiger partial charge in [-0.3, -0.25) is 4.79 Å². The lowest BCUT2D eigenvalue weighted by atomic mass is 10.1. The first-order valence-corrected chi connectivity index (χ1v) is 8.58. The fourth-order valence-corrected chi connectivity index (χ4v) is 2.92. The largest absolute Gasteiger partial charge is 0.497 e. The number of aryl methyl sites for hydroxylation is 1. The highest BCUT2D eigenvalue weighted by Gasteiger charge is 2.22. The van der Waals surface area contributed by atoms with E-state index in [1.54, 1.807) is 19.2 Å². The minimum absolute atomic E-state index is 0.243. The van der Waals surface area contributed by atoms with E-state index in [-0.39, 0.29) is 5.78 Å². The van der Waals surface area contributed by atoms with E-state index in [4.69, 9.17) is 18.9 Å². The molecule has 1 heterocycles. The van der Waals surface area contributed by atoms with Gasteiger partial charge in [0.2, 0.25) is 11.5 Å². The van der Waals surface area contributed by atoms with Crippen molar-refractivity contribution in [2.45, 2.75) is 6.92 Å². The average Bonchev–Trinajstić information content (AvgIpc) is 3.13. The van der Waals surface area contributed by atoms with Gasteiger partial charge in [0.25, 0.3) is 0 Å². The molecule has 0 radical (unpaired) electrons. The third-order valence-electron chi connectivity index (χ3n) is 4.39. The van der Waals surface area contributed by atoms with Crippen LogP contribution in [0.1, 0.15) is 21.7 Å². The number of carbonyl (C=O) groups is 1. The molecule has 0 fully saturated rings. The number of hydrogen-bond acceptors (Lipinski definition) is 6. The number of benzene rings is 2. The molecule has 0 saturated carbocycles. The minimum Gasteiger partial charge on any atom is -0.497 e. The van der Waals surface area contributed by atoms with Crippen LogP contribution >= 0.6 is 0 Å². The molecule has 2 aromatic carbocycles. The highest BCUT2D eigenvalue weighted by molar-refractivity contribution is 6.09. The zero-order chi connectivity index (χ0) is 20.3. The van der Waals surface area contributed by atoms with Gasteiger partial charge in [-0.15, -0.1) is 0 Å². The number of nitrogens with one attached hydrogen (secondary N) is 1. The average molecular weight is 382 g/mol. The molecule has 1 N–H and O–H groups in total. The van der Waals surface area contributed by atoms with E-state index in [2.05, 4.69) is 9.97 Å². The van der Waals surface area contributed by atoms with Gasteiger partial charge in [-0.05, 0) is 43.3 Å². The van der Waals surface area contributed by atoms with Crippen molar-refractivity contribution in [3.63, 3.8) is 0 Å². The van der Waals surface area contributed by atoms with Crippen LogP contribution in [0, 0.1) is 6.92 Å². The van der Waals surface area contributed by atoms with Gasteiger partial charge in [0.1, 0.15) is 17.3 Å². The second-order valence-corrected chi connectivity index (χ2v) is 6.03. The first kappa shape index (κ1) is 19.3. The summed E-state index contributed by atoms with van der Waals surface area (Å²) in [5, 5.41) is 0. The number of ketones is 1. The smallest absolute Gasteiger partial charge is 0.213 e. The number of hydrogen-bond donors (Lipinski definition) is 1. The molecule has 0 aliphatic rings. The summed E-state index contributed by atoms with van der Waals surface area (Å²) in [7, 11) is 6.14. The van der Waals surface area contributed by atoms with Gasteiger partial charge in [0.15, 0.2) is 11.5 Å². The van der Waals surface area contributed by atoms with Crippen LogP contribution in [-0.2, 0) is 0 Å². The van der Waals surface area contributed by atoms with Gasteiger partial charge in [-0.25, -0.2) is 4.98 Å². The summed E-state index contributed by atoms with van der Waals surface area (Å²) in [5.41, 5.74) is 2.25. The Balaban J connectivity index is 2.00. The first-order chi connectivity index (χ1) is 13.5. The molecule has 146 valence electrons. The number of H-pyrrole nitrogens is 1. The van der Waals surface area contributed by atoms with E-state index >= 15 is 0 Å². The van der Waals surface area contributed by atoms with Gasteiger partial charge in [0.05, 0.1) is 28.4 Å². The van der Waals surface area contributed by atoms with Crippen LogP contribution in [-0.4, -0.2) is 44.2 Å². The van der Waals surface area contributed by atoms with E-state index in [0.717, 1.165) is 11.3 Å². The normalized spacial score (nSPS) is 10.5. The van der Waals surface area contributed by atoms with Gasteiger partial charge in [-0.2, -0.15) is 0 Å². The van der Waals surface area contributed by atoms with Gasteiger partial charge >= 0.3 is 0 Å². The zero-order valence-electron chi connectivity index (χ0n) is 16.5. The quantitative estimate of drug-likeness (QED) is 0.628. The Kier molecular flexibility index (Phi) is 5.54. The topological polar surface area (TPSA) is 82.7 Å². The maximum Gasteiger partial charge on any atom is 0.213 e. The van der Waals surface area contributed by atoms with E-state index in [1.165, 1.54) is 21.3 Å². The maximum atomic E-state index is 13.1. The fraction of sp³-hybridized carbons (Fsp3) is 0.238. The van der Waals surface area contributed by atoms with Crippen LogP contribution in [0.3, 0.4) is 0 Å². The summed E-state index contributed by atoms with van der Waals surface area (Å²) in [6, 6.07) is 10.7. The van der Waals surface area contributed by atoms with E-state index < -0.39 is 0 Å². The predicted octanol–water partition coefficient (Wildman–Crippen LogP) is 3.65. The Morgan fingerprint density at radius 3 is 2.00 bits per heavy atom. The van der Waals surface area contributed by atoms with E-state index in [0.29, 0.717) is 40.0 Å². The van der Waals surface area contributed by atoms with Crippen LogP contribution in [0.15, 0.2) is 36.4 Å². The SMILES string of the molecule is COc1ccc(-c2nc(C(=O)c3cc(OC)c(OC)c(OC)c3)c(C)[nH]2)cc1.